The van der Waals surface area contributed by atoms with Gasteiger partial charge in [-0.15, -0.1) is 0 Å². The quantitative estimate of drug-likeness (QED) is 0.534. The molecule has 0 saturated carbocycles. The van der Waals surface area contributed by atoms with Gasteiger partial charge in [0.05, 0.1) is 0 Å². The fourth-order valence-electron chi connectivity index (χ4n) is 2.20. The molecule has 0 fully saturated rings. The van der Waals surface area contributed by atoms with Crippen molar-refractivity contribution in [1.29, 1.82) is 0 Å². The van der Waals surface area contributed by atoms with Crippen LogP contribution in [0.3, 0.4) is 0 Å². The third-order valence-electron chi connectivity index (χ3n) is 2.95. The zero-order chi connectivity index (χ0) is 9.38. The van der Waals surface area contributed by atoms with E-state index in [0.29, 0.717) is 0 Å². The van der Waals surface area contributed by atoms with Gasteiger partial charge in [0.15, 0.2) is 0 Å². The summed E-state index contributed by atoms with van der Waals surface area (Å²) in [6.07, 6.45) is 19.9. The molecule has 0 amide bonds. The summed E-state index contributed by atoms with van der Waals surface area (Å²) in [5.74, 6) is 0. The van der Waals surface area contributed by atoms with Crippen LogP contribution in [-0.2, 0) is 0 Å². The number of hydrogen-bond donors (Lipinski definition) is 0. The Morgan fingerprint density at radius 1 is 0.929 bits per heavy atom. The number of rotatable bonds is 0. The van der Waals surface area contributed by atoms with Gasteiger partial charge in [-0.25, -0.2) is 0 Å². The maximum absolute atomic E-state index is 2.25. The summed E-state index contributed by atoms with van der Waals surface area (Å²) in [5.41, 5.74) is 5.80. The monoisotopic (exact) mass is 180 g/mol. The van der Waals surface area contributed by atoms with E-state index in [9.17, 15) is 0 Å². The van der Waals surface area contributed by atoms with E-state index < -0.39 is 0 Å². The van der Waals surface area contributed by atoms with E-state index in [1.807, 2.05) is 0 Å². The second kappa shape index (κ2) is 2.98. The van der Waals surface area contributed by atoms with E-state index in [0.717, 1.165) is 12.8 Å². The SMILES string of the molecule is C1=CC=C2CC(=C1)C=CC1=C2CC=C1. The standard InChI is InChI=1S/C14H12/c1-2-5-13-10-11(4-1)8-9-12-6-3-7-14(12)13/h1-6,8-9H,7,10H2. The highest BCUT2D eigenvalue weighted by atomic mass is 14.2. The van der Waals surface area contributed by atoms with Crippen LogP contribution in [0.1, 0.15) is 12.8 Å². The summed E-state index contributed by atoms with van der Waals surface area (Å²) in [7, 11) is 0. The molecule has 0 aromatic heterocycles. The maximum atomic E-state index is 2.25. The lowest BCUT2D eigenvalue weighted by Gasteiger charge is -2.06. The topological polar surface area (TPSA) is 0 Å². The predicted octanol–water partition coefficient (Wildman–Crippen LogP) is 3.63. The Hall–Kier alpha value is -1.56. The molecular formula is C14H12. The largest absolute Gasteiger partial charge is 0.0795 e. The van der Waals surface area contributed by atoms with E-state index in [4.69, 9.17) is 0 Å². The second-order valence-electron chi connectivity index (χ2n) is 3.87. The van der Waals surface area contributed by atoms with Crippen LogP contribution in [0.15, 0.2) is 70.9 Å². The van der Waals surface area contributed by atoms with Gasteiger partial charge >= 0.3 is 0 Å². The van der Waals surface area contributed by atoms with Crippen LogP contribution in [0.5, 0.6) is 0 Å². The highest BCUT2D eigenvalue weighted by Gasteiger charge is 2.15. The highest BCUT2D eigenvalue weighted by molar-refractivity contribution is 5.57. The van der Waals surface area contributed by atoms with Crippen LogP contribution in [0.2, 0.25) is 0 Å². The molecular weight excluding hydrogens is 168 g/mol. The van der Waals surface area contributed by atoms with Gasteiger partial charge in [0.1, 0.15) is 0 Å². The maximum Gasteiger partial charge on any atom is -0.00227 e. The summed E-state index contributed by atoms with van der Waals surface area (Å²) in [5, 5.41) is 0. The Balaban J connectivity index is 2.18. The summed E-state index contributed by atoms with van der Waals surface area (Å²) < 4.78 is 0. The molecule has 0 saturated heterocycles. The Morgan fingerprint density at radius 3 is 2.86 bits per heavy atom. The molecule has 2 bridgehead atoms. The first-order valence-electron chi connectivity index (χ1n) is 5.08. The lowest BCUT2D eigenvalue weighted by atomic mass is 9.98. The van der Waals surface area contributed by atoms with Crippen molar-refractivity contribution in [3.63, 3.8) is 0 Å². The molecule has 0 N–H and O–H groups in total. The van der Waals surface area contributed by atoms with Gasteiger partial charge in [-0.1, -0.05) is 48.6 Å². The first-order chi connectivity index (χ1) is 6.93. The zero-order valence-electron chi connectivity index (χ0n) is 8.03. The minimum absolute atomic E-state index is 1.09. The fourth-order valence-corrected chi connectivity index (χ4v) is 2.20. The first-order valence-corrected chi connectivity index (χ1v) is 5.08. The molecule has 0 aliphatic heterocycles. The van der Waals surface area contributed by atoms with Crippen LogP contribution in [0.4, 0.5) is 0 Å². The summed E-state index contributed by atoms with van der Waals surface area (Å²) in [4.78, 5) is 0. The highest BCUT2D eigenvalue weighted by Crippen LogP contribution is 2.34. The Morgan fingerprint density at radius 2 is 1.86 bits per heavy atom. The van der Waals surface area contributed by atoms with Gasteiger partial charge in [0.2, 0.25) is 0 Å². The average Bonchev–Trinajstić information content (AvgIpc) is 2.47. The molecule has 0 heterocycles. The van der Waals surface area contributed by atoms with Gasteiger partial charge < -0.3 is 0 Å². The van der Waals surface area contributed by atoms with Gasteiger partial charge in [-0.2, -0.15) is 0 Å². The molecule has 3 aliphatic rings. The molecule has 0 aromatic rings. The number of hydrogen-bond acceptors (Lipinski definition) is 0. The van der Waals surface area contributed by atoms with E-state index in [2.05, 4.69) is 48.6 Å². The Bertz CT molecular complexity index is 448. The molecule has 3 rings (SSSR count). The average molecular weight is 180 g/mol. The van der Waals surface area contributed by atoms with E-state index in [1.165, 1.54) is 22.3 Å². The van der Waals surface area contributed by atoms with Crippen molar-refractivity contribution in [2.24, 2.45) is 0 Å². The van der Waals surface area contributed by atoms with Crippen molar-refractivity contribution in [1.82, 2.24) is 0 Å². The second-order valence-corrected chi connectivity index (χ2v) is 3.87. The zero-order valence-corrected chi connectivity index (χ0v) is 8.03. The van der Waals surface area contributed by atoms with Crippen molar-refractivity contribution in [3.8, 4) is 0 Å². The van der Waals surface area contributed by atoms with Crippen LogP contribution in [0.25, 0.3) is 0 Å². The lowest BCUT2D eigenvalue weighted by molar-refractivity contribution is 1.13. The molecule has 0 atom stereocenters. The van der Waals surface area contributed by atoms with Crippen LogP contribution < -0.4 is 0 Å². The van der Waals surface area contributed by atoms with Crippen molar-refractivity contribution in [2.45, 2.75) is 12.8 Å². The third-order valence-corrected chi connectivity index (χ3v) is 2.95. The summed E-state index contributed by atoms with van der Waals surface area (Å²) in [6, 6.07) is 0. The fraction of sp³-hybridized carbons (Fsp3) is 0.143. The van der Waals surface area contributed by atoms with Gasteiger partial charge in [0.25, 0.3) is 0 Å². The van der Waals surface area contributed by atoms with E-state index in [1.54, 1.807) is 0 Å². The van der Waals surface area contributed by atoms with Crippen LogP contribution >= 0.6 is 0 Å². The third kappa shape index (κ3) is 1.15. The summed E-state index contributed by atoms with van der Waals surface area (Å²) in [6.45, 7) is 0. The predicted molar refractivity (Wildman–Crippen MR) is 59.8 cm³/mol. The van der Waals surface area contributed by atoms with Crippen molar-refractivity contribution in [3.05, 3.63) is 70.9 Å². The van der Waals surface area contributed by atoms with Crippen LogP contribution in [-0.4, -0.2) is 0 Å². The molecule has 3 aliphatic carbocycles. The molecule has 0 radical (unpaired) electrons. The molecule has 14 heavy (non-hydrogen) atoms. The minimum atomic E-state index is 1.09. The Labute approximate surface area is 84.3 Å². The Kier molecular flexibility index (Phi) is 1.66. The van der Waals surface area contributed by atoms with Crippen LogP contribution in [0, 0.1) is 0 Å². The molecule has 0 unspecified atom stereocenters. The first kappa shape index (κ1) is 7.81. The van der Waals surface area contributed by atoms with Gasteiger partial charge in [-0.05, 0) is 35.1 Å². The van der Waals surface area contributed by atoms with E-state index in [-0.39, 0.29) is 0 Å². The number of fused-ring (bicyclic) bond motifs is 3. The van der Waals surface area contributed by atoms with Crippen molar-refractivity contribution in [2.75, 3.05) is 0 Å². The molecule has 0 aromatic carbocycles. The number of allylic oxidation sites excluding steroid dienone is 12. The molecule has 68 valence electrons. The normalized spacial score (nSPS) is 22.9. The molecule has 0 heteroatoms. The smallest absolute Gasteiger partial charge is 0.00227 e. The van der Waals surface area contributed by atoms with E-state index >= 15 is 0 Å². The molecule has 0 spiro atoms. The summed E-state index contributed by atoms with van der Waals surface area (Å²) >= 11 is 0. The van der Waals surface area contributed by atoms with Gasteiger partial charge in [0, 0.05) is 0 Å². The van der Waals surface area contributed by atoms with Gasteiger partial charge in [-0.3, -0.25) is 0 Å². The minimum Gasteiger partial charge on any atom is -0.0795 e. The molecule has 0 nitrogen and oxygen atoms in total. The van der Waals surface area contributed by atoms with Crippen molar-refractivity contribution < 1.29 is 0 Å². The lowest BCUT2D eigenvalue weighted by Crippen LogP contribution is -1.88. The van der Waals surface area contributed by atoms with Crippen molar-refractivity contribution >= 4 is 0 Å².